The van der Waals surface area contributed by atoms with Gasteiger partial charge in [-0.2, -0.15) is 0 Å². The van der Waals surface area contributed by atoms with Gasteiger partial charge in [0.15, 0.2) is 0 Å². The van der Waals surface area contributed by atoms with Gasteiger partial charge in [0.05, 0.1) is 6.54 Å². The van der Waals surface area contributed by atoms with E-state index in [2.05, 4.69) is 10.3 Å². The predicted molar refractivity (Wildman–Crippen MR) is 84.7 cm³/mol. The number of nitrogens with one attached hydrogen (secondary N) is 1. The van der Waals surface area contributed by atoms with Crippen molar-refractivity contribution in [3.63, 3.8) is 0 Å². The van der Waals surface area contributed by atoms with E-state index in [-0.39, 0.29) is 23.6 Å². The number of halogens is 2. The van der Waals surface area contributed by atoms with E-state index in [1.165, 1.54) is 12.3 Å². The van der Waals surface area contributed by atoms with Gasteiger partial charge >= 0.3 is 6.03 Å². The zero-order valence-corrected chi connectivity index (χ0v) is 13.2. The molecule has 2 aliphatic rings. The lowest BCUT2D eigenvalue weighted by atomic mass is 9.92. The number of carbonyl (C=O) groups excluding carboxylic acids is 2. The molecule has 2 heterocycles. The fourth-order valence-corrected chi connectivity index (χ4v) is 3.68. The molecule has 1 aliphatic heterocycles. The van der Waals surface area contributed by atoms with Gasteiger partial charge in [-0.25, -0.2) is 13.6 Å². The Labute approximate surface area is 142 Å². The number of fused-ring (bicyclic) bond motifs is 2. The first kappa shape index (κ1) is 15.7. The van der Waals surface area contributed by atoms with Crippen LogP contribution in [0.4, 0.5) is 13.6 Å². The summed E-state index contributed by atoms with van der Waals surface area (Å²) in [4.78, 5) is 30.2. The summed E-state index contributed by atoms with van der Waals surface area (Å²) in [6.45, 7) is -0.198. The molecule has 1 saturated heterocycles. The third kappa shape index (κ3) is 2.30. The second-order valence-corrected chi connectivity index (χ2v) is 6.26. The molecule has 0 radical (unpaired) electrons. The second-order valence-electron chi connectivity index (χ2n) is 6.26. The molecule has 1 fully saturated rings. The summed E-state index contributed by atoms with van der Waals surface area (Å²) in [5.41, 5.74) is 0.689. The number of aromatic nitrogens is 1. The minimum Gasteiger partial charge on any atom is -0.319 e. The van der Waals surface area contributed by atoms with Crippen molar-refractivity contribution in [2.75, 3.05) is 0 Å². The molecule has 0 saturated carbocycles. The quantitative estimate of drug-likeness (QED) is 0.872. The Morgan fingerprint density at radius 2 is 2.04 bits per heavy atom. The fraction of sp³-hybridized carbons (Fsp3) is 0.278. The van der Waals surface area contributed by atoms with Gasteiger partial charge in [0.1, 0.15) is 5.54 Å². The van der Waals surface area contributed by atoms with Crippen molar-refractivity contribution >= 4 is 11.9 Å². The molecule has 1 aromatic carbocycles. The van der Waals surface area contributed by atoms with Crippen molar-refractivity contribution in [1.29, 1.82) is 0 Å². The highest BCUT2D eigenvalue weighted by Gasteiger charge is 2.55. The lowest BCUT2D eigenvalue weighted by Crippen LogP contribution is -2.41. The smallest absolute Gasteiger partial charge is 0.319 e. The summed E-state index contributed by atoms with van der Waals surface area (Å²) in [6, 6.07) is 8.34. The molecular weight excluding hydrogens is 328 g/mol. The van der Waals surface area contributed by atoms with Gasteiger partial charge < -0.3 is 5.32 Å². The van der Waals surface area contributed by atoms with E-state index in [0.717, 1.165) is 22.2 Å². The maximum atomic E-state index is 13.1. The molecule has 0 bridgehead atoms. The molecule has 7 heteroatoms. The molecule has 4 rings (SSSR count). The monoisotopic (exact) mass is 343 g/mol. The van der Waals surface area contributed by atoms with Crippen LogP contribution in [0.15, 0.2) is 42.7 Å². The SMILES string of the molecule is O=C1NC2(CCc3ccccc32)C(=O)N1Cc1ccncc1C(F)F. The Kier molecular flexibility index (Phi) is 3.52. The van der Waals surface area contributed by atoms with Crippen LogP contribution < -0.4 is 5.32 Å². The Bertz CT molecular complexity index is 871. The number of pyridine rings is 1. The minimum absolute atomic E-state index is 0.198. The fourth-order valence-electron chi connectivity index (χ4n) is 3.68. The Hall–Kier alpha value is -2.83. The number of carbonyl (C=O) groups is 2. The van der Waals surface area contributed by atoms with Crippen molar-refractivity contribution in [2.45, 2.75) is 31.4 Å². The van der Waals surface area contributed by atoms with Crippen LogP contribution in [-0.2, 0) is 23.3 Å². The number of imide groups is 1. The van der Waals surface area contributed by atoms with Crippen LogP contribution in [0.1, 0.15) is 35.1 Å². The Balaban J connectivity index is 1.68. The number of alkyl halides is 2. The van der Waals surface area contributed by atoms with Gasteiger partial charge in [0.2, 0.25) is 0 Å². The molecule has 2 aromatic rings. The molecule has 1 aromatic heterocycles. The highest BCUT2D eigenvalue weighted by molar-refractivity contribution is 6.08. The zero-order valence-electron chi connectivity index (χ0n) is 13.2. The molecule has 5 nitrogen and oxygen atoms in total. The minimum atomic E-state index is -2.72. The lowest BCUT2D eigenvalue weighted by molar-refractivity contribution is -0.132. The first-order chi connectivity index (χ1) is 12.0. The summed E-state index contributed by atoms with van der Waals surface area (Å²) in [5.74, 6) is -0.389. The first-order valence-electron chi connectivity index (χ1n) is 7.96. The maximum Gasteiger partial charge on any atom is 0.325 e. The van der Waals surface area contributed by atoms with E-state index in [9.17, 15) is 18.4 Å². The van der Waals surface area contributed by atoms with Crippen molar-refractivity contribution in [1.82, 2.24) is 15.2 Å². The summed E-state index contributed by atoms with van der Waals surface area (Å²) in [5, 5.41) is 2.79. The molecule has 25 heavy (non-hydrogen) atoms. The molecule has 128 valence electrons. The van der Waals surface area contributed by atoms with Crippen molar-refractivity contribution < 1.29 is 18.4 Å². The van der Waals surface area contributed by atoms with Gasteiger partial charge in [-0.05, 0) is 35.6 Å². The topological polar surface area (TPSA) is 62.3 Å². The summed E-state index contributed by atoms with van der Waals surface area (Å²) in [6.07, 6.45) is 0.893. The van der Waals surface area contributed by atoms with E-state index in [1.807, 2.05) is 24.3 Å². The predicted octanol–water partition coefficient (Wildman–Crippen LogP) is 2.91. The third-order valence-corrected chi connectivity index (χ3v) is 4.93. The van der Waals surface area contributed by atoms with Crippen molar-refractivity contribution in [3.05, 3.63) is 65.0 Å². The van der Waals surface area contributed by atoms with Crippen LogP contribution in [0, 0.1) is 0 Å². The van der Waals surface area contributed by atoms with Gasteiger partial charge in [-0.15, -0.1) is 0 Å². The summed E-state index contributed by atoms with van der Waals surface area (Å²) in [7, 11) is 0. The Morgan fingerprint density at radius 3 is 2.84 bits per heavy atom. The number of amides is 3. The van der Waals surface area contributed by atoms with Crippen LogP contribution >= 0.6 is 0 Å². The van der Waals surface area contributed by atoms with E-state index in [1.54, 1.807) is 0 Å². The van der Waals surface area contributed by atoms with Crippen molar-refractivity contribution in [2.24, 2.45) is 0 Å². The summed E-state index contributed by atoms with van der Waals surface area (Å²) >= 11 is 0. The number of hydrogen-bond acceptors (Lipinski definition) is 3. The largest absolute Gasteiger partial charge is 0.325 e. The average molecular weight is 343 g/mol. The number of benzene rings is 1. The second kappa shape index (κ2) is 5.61. The number of rotatable bonds is 3. The van der Waals surface area contributed by atoms with Gasteiger partial charge in [-0.3, -0.25) is 14.7 Å². The van der Waals surface area contributed by atoms with E-state index >= 15 is 0 Å². The van der Waals surface area contributed by atoms with Crippen LogP contribution in [0.5, 0.6) is 0 Å². The lowest BCUT2D eigenvalue weighted by Gasteiger charge is -2.22. The first-order valence-corrected chi connectivity index (χ1v) is 7.96. The standard InChI is InChI=1S/C18H15F2N3O2/c19-15(20)13-9-21-8-6-12(13)10-23-16(24)18(22-17(23)25)7-5-11-3-1-2-4-14(11)18/h1-4,6,8-9,15H,5,7,10H2,(H,22,25). The van der Waals surface area contributed by atoms with Crippen LogP contribution in [0.3, 0.4) is 0 Å². The molecule has 1 aliphatic carbocycles. The molecule has 1 N–H and O–H groups in total. The zero-order chi connectivity index (χ0) is 17.6. The van der Waals surface area contributed by atoms with Crippen LogP contribution in [-0.4, -0.2) is 21.8 Å². The highest BCUT2D eigenvalue weighted by atomic mass is 19.3. The highest BCUT2D eigenvalue weighted by Crippen LogP contribution is 2.41. The molecular formula is C18H15F2N3O2. The average Bonchev–Trinajstić information content (AvgIpc) is 3.09. The molecule has 3 amide bonds. The Morgan fingerprint density at radius 1 is 1.24 bits per heavy atom. The van der Waals surface area contributed by atoms with E-state index in [4.69, 9.17) is 0 Å². The van der Waals surface area contributed by atoms with Gasteiger partial charge in [0, 0.05) is 18.0 Å². The van der Waals surface area contributed by atoms with Crippen LogP contribution in [0.2, 0.25) is 0 Å². The number of aryl methyl sites for hydroxylation is 1. The summed E-state index contributed by atoms with van der Waals surface area (Å²) < 4.78 is 26.3. The normalized spacial score (nSPS) is 22.0. The number of nitrogens with zero attached hydrogens (tertiary/aromatic N) is 2. The van der Waals surface area contributed by atoms with E-state index in [0.29, 0.717) is 12.8 Å². The third-order valence-electron chi connectivity index (χ3n) is 4.93. The van der Waals surface area contributed by atoms with E-state index < -0.39 is 18.0 Å². The van der Waals surface area contributed by atoms with Crippen molar-refractivity contribution in [3.8, 4) is 0 Å². The number of urea groups is 1. The van der Waals surface area contributed by atoms with Gasteiger partial charge in [-0.1, -0.05) is 24.3 Å². The molecule has 1 unspecified atom stereocenters. The van der Waals surface area contributed by atoms with Gasteiger partial charge in [0.25, 0.3) is 12.3 Å². The number of hydrogen-bond donors (Lipinski definition) is 1. The maximum absolute atomic E-state index is 13.1. The van der Waals surface area contributed by atoms with Crippen LogP contribution in [0.25, 0.3) is 0 Å². The molecule has 1 atom stereocenters. The molecule has 1 spiro atoms.